The molecule has 0 unspecified atom stereocenters. The number of carbonyl (C=O) groups excluding carboxylic acids is 1. The SMILES string of the molecule is CCCC(=O)c1cn(Cc2ccc(Cl)cc2Cl)c2ccccc12. The van der Waals surface area contributed by atoms with Crippen LogP contribution in [0.25, 0.3) is 10.9 Å². The third-order valence-electron chi connectivity index (χ3n) is 3.92. The van der Waals surface area contributed by atoms with E-state index in [0.29, 0.717) is 23.0 Å². The summed E-state index contributed by atoms with van der Waals surface area (Å²) < 4.78 is 2.08. The molecule has 0 aliphatic heterocycles. The number of ketones is 1. The van der Waals surface area contributed by atoms with Gasteiger partial charge in [0.2, 0.25) is 0 Å². The van der Waals surface area contributed by atoms with E-state index in [2.05, 4.69) is 4.57 Å². The van der Waals surface area contributed by atoms with Crippen LogP contribution in [0.2, 0.25) is 10.0 Å². The summed E-state index contributed by atoms with van der Waals surface area (Å²) in [4.78, 5) is 12.4. The van der Waals surface area contributed by atoms with Crippen molar-refractivity contribution in [1.29, 1.82) is 0 Å². The monoisotopic (exact) mass is 345 g/mol. The van der Waals surface area contributed by atoms with Crippen molar-refractivity contribution < 1.29 is 4.79 Å². The number of hydrogen-bond acceptors (Lipinski definition) is 1. The number of fused-ring (bicyclic) bond motifs is 1. The van der Waals surface area contributed by atoms with E-state index in [4.69, 9.17) is 23.2 Å². The molecular weight excluding hydrogens is 329 g/mol. The second kappa shape index (κ2) is 6.77. The Morgan fingerprint density at radius 1 is 1.13 bits per heavy atom. The van der Waals surface area contributed by atoms with Crippen LogP contribution in [-0.2, 0) is 6.54 Å². The van der Waals surface area contributed by atoms with Crippen molar-refractivity contribution >= 4 is 39.9 Å². The number of benzene rings is 2. The lowest BCUT2D eigenvalue weighted by Gasteiger charge is -2.08. The van der Waals surface area contributed by atoms with Crippen molar-refractivity contribution in [1.82, 2.24) is 4.57 Å². The summed E-state index contributed by atoms with van der Waals surface area (Å²) in [5.74, 6) is 0.185. The second-order valence-electron chi connectivity index (χ2n) is 5.60. The van der Waals surface area contributed by atoms with Gasteiger partial charge in [-0.2, -0.15) is 0 Å². The molecule has 1 heterocycles. The highest BCUT2D eigenvalue weighted by molar-refractivity contribution is 6.35. The van der Waals surface area contributed by atoms with Crippen LogP contribution in [0.4, 0.5) is 0 Å². The fraction of sp³-hybridized carbons (Fsp3) is 0.211. The molecular formula is C19H17Cl2NO. The van der Waals surface area contributed by atoms with Crippen LogP contribution in [0, 0.1) is 0 Å². The number of halogens is 2. The molecule has 0 amide bonds. The lowest BCUT2D eigenvalue weighted by molar-refractivity contribution is 0.0983. The Hall–Kier alpha value is -1.77. The molecule has 1 aromatic heterocycles. The average Bonchev–Trinajstić information content (AvgIpc) is 2.89. The molecule has 0 aliphatic carbocycles. The van der Waals surface area contributed by atoms with Gasteiger partial charge in [-0.3, -0.25) is 4.79 Å². The Balaban J connectivity index is 2.05. The predicted molar refractivity (Wildman–Crippen MR) is 96.7 cm³/mol. The number of hydrogen-bond donors (Lipinski definition) is 0. The average molecular weight is 346 g/mol. The number of carbonyl (C=O) groups is 1. The zero-order valence-corrected chi connectivity index (χ0v) is 14.4. The zero-order valence-electron chi connectivity index (χ0n) is 12.9. The summed E-state index contributed by atoms with van der Waals surface area (Å²) in [7, 11) is 0. The van der Waals surface area contributed by atoms with Gasteiger partial charge in [0, 0.05) is 45.7 Å². The van der Waals surface area contributed by atoms with E-state index >= 15 is 0 Å². The normalized spacial score (nSPS) is 11.1. The standard InChI is InChI=1S/C19H17Cl2NO/c1-2-5-19(23)16-12-22(18-7-4-3-6-15(16)18)11-13-8-9-14(20)10-17(13)21/h3-4,6-10,12H,2,5,11H2,1H3. The van der Waals surface area contributed by atoms with Crippen molar-refractivity contribution in [2.45, 2.75) is 26.3 Å². The maximum Gasteiger partial charge on any atom is 0.165 e. The third-order valence-corrected chi connectivity index (χ3v) is 4.51. The van der Waals surface area contributed by atoms with E-state index in [9.17, 15) is 4.79 Å². The maximum atomic E-state index is 12.4. The lowest BCUT2D eigenvalue weighted by atomic mass is 10.1. The lowest BCUT2D eigenvalue weighted by Crippen LogP contribution is -2.00. The molecule has 2 aromatic carbocycles. The minimum absolute atomic E-state index is 0.185. The fourth-order valence-electron chi connectivity index (χ4n) is 2.79. The van der Waals surface area contributed by atoms with E-state index in [1.165, 1.54) is 0 Å². The summed E-state index contributed by atoms with van der Waals surface area (Å²) in [6.07, 6.45) is 3.35. The predicted octanol–water partition coefficient (Wildman–Crippen LogP) is 5.98. The maximum absolute atomic E-state index is 12.4. The third kappa shape index (κ3) is 3.29. The quantitative estimate of drug-likeness (QED) is 0.521. The highest BCUT2D eigenvalue weighted by atomic mass is 35.5. The number of para-hydroxylation sites is 1. The topological polar surface area (TPSA) is 22.0 Å². The van der Waals surface area contributed by atoms with Crippen LogP contribution in [0.15, 0.2) is 48.7 Å². The van der Waals surface area contributed by atoms with E-state index in [1.807, 2.05) is 49.5 Å². The minimum Gasteiger partial charge on any atom is -0.342 e. The highest BCUT2D eigenvalue weighted by Gasteiger charge is 2.14. The van der Waals surface area contributed by atoms with Gasteiger partial charge in [0.1, 0.15) is 0 Å². The van der Waals surface area contributed by atoms with Gasteiger partial charge in [0.15, 0.2) is 5.78 Å². The smallest absolute Gasteiger partial charge is 0.165 e. The molecule has 0 radical (unpaired) electrons. The van der Waals surface area contributed by atoms with Gasteiger partial charge in [-0.25, -0.2) is 0 Å². The van der Waals surface area contributed by atoms with E-state index in [0.717, 1.165) is 28.5 Å². The molecule has 0 atom stereocenters. The fourth-order valence-corrected chi connectivity index (χ4v) is 3.26. The van der Waals surface area contributed by atoms with Crippen LogP contribution >= 0.6 is 23.2 Å². The molecule has 0 fully saturated rings. The van der Waals surface area contributed by atoms with Gasteiger partial charge in [-0.1, -0.05) is 54.4 Å². The highest BCUT2D eigenvalue weighted by Crippen LogP contribution is 2.27. The van der Waals surface area contributed by atoms with Gasteiger partial charge in [-0.15, -0.1) is 0 Å². The van der Waals surface area contributed by atoms with Crippen LogP contribution in [0.1, 0.15) is 35.7 Å². The van der Waals surface area contributed by atoms with Crippen LogP contribution < -0.4 is 0 Å². The van der Waals surface area contributed by atoms with Crippen molar-refractivity contribution in [3.05, 3.63) is 69.8 Å². The number of rotatable bonds is 5. The first kappa shape index (κ1) is 16.1. The van der Waals surface area contributed by atoms with Crippen molar-refractivity contribution in [3.63, 3.8) is 0 Å². The van der Waals surface area contributed by atoms with Crippen LogP contribution in [0.3, 0.4) is 0 Å². The van der Waals surface area contributed by atoms with Crippen molar-refractivity contribution in [2.75, 3.05) is 0 Å². The molecule has 0 spiro atoms. The first-order chi connectivity index (χ1) is 11.1. The molecule has 0 saturated carbocycles. The number of aromatic nitrogens is 1. The van der Waals surface area contributed by atoms with Gasteiger partial charge in [0.05, 0.1) is 0 Å². The van der Waals surface area contributed by atoms with Gasteiger partial charge in [-0.05, 0) is 30.2 Å². The first-order valence-electron chi connectivity index (χ1n) is 7.65. The van der Waals surface area contributed by atoms with Crippen LogP contribution in [0.5, 0.6) is 0 Å². The number of nitrogens with zero attached hydrogens (tertiary/aromatic N) is 1. The van der Waals surface area contributed by atoms with Crippen molar-refractivity contribution in [3.8, 4) is 0 Å². The molecule has 3 aromatic rings. The molecule has 4 heteroatoms. The van der Waals surface area contributed by atoms with Gasteiger partial charge < -0.3 is 4.57 Å². The largest absolute Gasteiger partial charge is 0.342 e. The second-order valence-corrected chi connectivity index (χ2v) is 6.44. The Morgan fingerprint density at radius 2 is 1.91 bits per heavy atom. The Bertz CT molecular complexity index is 867. The van der Waals surface area contributed by atoms with Gasteiger partial charge in [0.25, 0.3) is 0 Å². The summed E-state index contributed by atoms with van der Waals surface area (Å²) in [5.41, 5.74) is 2.80. The molecule has 0 saturated heterocycles. The molecule has 3 rings (SSSR count). The zero-order chi connectivity index (χ0) is 16.4. The van der Waals surface area contributed by atoms with E-state index in [1.54, 1.807) is 6.07 Å². The molecule has 23 heavy (non-hydrogen) atoms. The Morgan fingerprint density at radius 3 is 2.65 bits per heavy atom. The first-order valence-corrected chi connectivity index (χ1v) is 8.40. The Kier molecular flexibility index (Phi) is 4.74. The summed E-state index contributed by atoms with van der Waals surface area (Å²) in [6, 6.07) is 13.5. The summed E-state index contributed by atoms with van der Waals surface area (Å²) in [6.45, 7) is 2.63. The molecule has 0 aliphatic rings. The van der Waals surface area contributed by atoms with Crippen LogP contribution in [-0.4, -0.2) is 10.4 Å². The summed E-state index contributed by atoms with van der Waals surface area (Å²) in [5, 5.41) is 2.25. The molecule has 2 nitrogen and oxygen atoms in total. The molecule has 118 valence electrons. The summed E-state index contributed by atoms with van der Waals surface area (Å²) >= 11 is 12.2. The van der Waals surface area contributed by atoms with Crippen molar-refractivity contribution in [2.24, 2.45) is 0 Å². The molecule has 0 bridgehead atoms. The van der Waals surface area contributed by atoms with Gasteiger partial charge >= 0.3 is 0 Å². The molecule has 0 N–H and O–H groups in total. The number of Topliss-reactive ketones (excluding diaryl/α,β-unsaturated/α-hetero) is 1. The van der Waals surface area contributed by atoms with E-state index < -0.39 is 0 Å². The minimum atomic E-state index is 0.185. The van der Waals surface area contributed by atoms with E-state index in [-0.39, 0.29) is 5.78 Å². The Labute approximate surface area is 145 Å².